The van der Waals surface area contributed by atoms with Gasteiger partial charge < -0.3 is 14.8 Å². The summed E-state index contributed by atoms with van der Waals surface area (Å²) in [5, 5.41) is 12.3. The number of anilines is 2. The molecule has 0 aliphatic carbocycles. The number of aliphatic hydroxyl groups is 1. The van der Waals surface area contributed by atoms with Crippen LogP contribution in [0.1, 0.15) is 5.56 Å². The molecule has 26 heavy (non-hydrogen) atoms. The maximum absolute atomic E-state index is 13.2. The molecule has 9 heteroatoms. The van der Waals surface area contributed by atoms with Crippen LogP contribution < -0.4 is 15.8 Å². The fraction of sp³-hybridized carbons (Fsp3) is 0.0588. The van der Waals surface area contributed by atoms with Gasteiger partial charge in [-0.1, -0.05) is 6.58 Å². The third kappa shape index (κ3) is 3.29. The van der Waals surface area contributed by atoms with E-state index in [0.29, 0.717) is 9.70 Å². The van der Waals surface area contributed by atoms with Crippen LogP contribution >= 0.6 is 11.3 Å². The lowest BCUT2D eigenvalue weighted by Gasteiger charge is -2.15. The molecule has 2 amide bonds. The standard InChI is InChI=1S/C17H12F2N2O4S/c1-8(22)10-6-14-13(25-16(10)23)7-15(26-14)21(2)17(24)20-9-3-4-11(18)12(19)5-9/h3-7,22H,1H2,2H3,(H,20,24). The second-order valence-corrected chi connectivity index (χ2v) is 6.39. The van der Waals surface area contributed by atoms with Gasteiger partial charge in [-0.3, -0.25) is 4.90 Å². The summed E-state index contributed by atoms with van der Waals surface area (Å²) in [7, 11) is 1.46. The predicted octanol–water partition coefficient (Wildman–Crippen LogP) is 4.33. The molecule has 0 bridgehead atoms. The van der Waals surface area contributed by atoms with E-state index >= 15 is 0 Å². The highest BCUT2D eigenvalue weighted by molar-refractivity contribution is 7.22. The minimum Gasteiger partial charge on any atom is -0.508 e. The van der Waals surface area contributed by atoms with Gasteiger partial charge in [0.05, 0.1) is 4.70 Å². The number of urea groups is 1. The van der Waals surface area contributed by atoms with Gasteiger partial charge in [0.2, 0.25) is 0 Å². The fourth-order valence-corrected chi connectivity index (χ4v) is 3.14. The Labute approximate surface area is 149 Å². The number of carbonyl (C=O) groups excluding carboxylic acids is 1. The highest BCUT2D eigenvalue weighted by Gasteiger charge is 2.17. The van der Waals surface area contributed by atoms with Crippen LogP contribution in [-0.4, -0.2) is 18.2 Å². The van der Waals surface area contributed by atoms with Gasteiger partial charge >= 0.3 is 11.7 Å². The van der Waals surface area contributed by atoms with Crippen LogP contribution in [0.15, 0.2) is 46.1 Å². The molecule has 0 saturated carbocycles. The van der Waals surface area contributed by atoms with E-state index in [0.717, 1.165) is 23.5 Å². The van der Waals surface area contributed by atoms with Crippen molar-refractivity contribution >= 4 is 44.1 Å². The Morgan fingerprint density at radius 1 is 1.27 bits per heavy atom. The van der Waals surface area contributed by atoms with Crippen molar-refractivity contribution in [1.82, 2.24) is 0 Å². The summed E-state index contributed by atoms with van der Waals surface area (Å²) in [5.41, 5.74) is -0.484. The molecule has 0 fully saturated rings. The van der Waals surface area contributed by atoms with E-state index in [2.05, 4.69) is 11.9 Å². The van der Waals surface area contributed by atoms with Crippen LogP contribution in [0.5, 0.6) is 0 Å². The molecule has 2 N–H and O–H groups in total. The first kappa shape index (κ1) is 17.6. The number of nitrogens with one attached hydrogen (secondary N) is 1. The van der Waals surface area contributed by atoms with Crippen molar-refractivity contribution in [3.63, 3.8) is 0 Å². The van der Waals surface area contributed by atoms with Gasteiger partial charge in [-0.2, -0.15) is 0 Å². The molecule has 0 spiro atoms. The molecular formula is C17H12F2N2O4S. The van der Waals surface area contributed by atoms with Gasteiger partial charge in [0.1, 0.15) is 16.3 Å². The molecular weight excluding hydrogens is 366 g/mol. The first-order chi connectivity index (χ1) is 12.3. The van der Waals surface area contributed by atoms with E-state index in [-0.39, 0.29) is 16.8 Å². The van der Waals surface area contributed by atoms with Gasteiger partial charge in [0, 0.05) is 24.9 Å². The molecule has 3 aromatic rings. The Morgan fingerprint density at radius 3 is 2.65 bits per heavy atom. The van der Waals surface area contributed by atoms with Crippen LogP contribution in [0, 0.1) is 11.6 Å². The minimum absolute atomic E-state index is 0.0696. The van der Waals surface area contributed by atoms with E-state index < -0.39 is 29.1 Å². The molecule has 3 rings (SSSR count). The quantitative estimate of drug-likeness (QED) is 0.665. The monoisotopic (exact) mass is 378 g/mol. The smallest absolute Gasteiger partial charge is 0.347 e. The maximum Gasteiger partial charge on any atom is 0.347 e. The van der Waals surface area contributed by atoms with Crippen molar-refractivity contribution in [2.75, 3.05) is 17.3 Å². The van der Waals surface area contributed by atoms with Crippen LogP contribution in [0.3, 0.4) is 0 Å². The Balaban J connectivity index is 1.87. The van der Waals surface area contributed by atoms with E-state index in [1.54, 1.807) is 0 Å². The summed E-state index contributed by atoms with van der Waals surface area (Å²) in [4.78, 5) is 25.3. The molecule has 0 saturated heterocycles. The maximum atomic E-state index is 13.2. The van der Waals surface area contributed by atoms with Gasteiger partial charge in [0.15, 0.2) is 17.2 Å². The minimum atomic E-state index is -1.08. The van der Waals surface area contributed by atoms with Crippen molar-refractivity contribution < 1.29 is 23.1 Å². The molecule has 0 aliphatic rings. The van der Waals surface area contributed by atoms with E-state index in [9.17, 15) is 23.5 Å². The van der Waals surface area contributed by atoms with Crippen molar-refractivity contribution in [3.8, 4) is 0 Å². The van der Waals surface area contributed by atoms with Gasteiger partial charge in [0.25, 0.3) is 0 Å². The third-order valence-corrected chi connectivity index (χ3v) is 4.67. The number of hydrogen-bond donors (Lipinski definition) is 2. The summed E-state index contributed by atoms with van der Waals surface area (Å²) in [5.74, 6) is -2.51. The Kier molecular flexibility index (Phi) is 4.47. The molecule has 0 aliphatic heterocycles. The topological polar surface area (TPSA) is 82.8 Å². The fourth-order valence-electron chi connectivity index (χ4n) is 2.15. The zero-order chi connectivity index (χ0) is 19.0. The molecule has 2 aromatic heterocycles. The number of halogens is 2. The number of hydrogen-bond acceptors (Lipinski definition) is 5. The Morgan fingerprint density at radius 2 is 2.00 bits per heavy atom. The first-order valence-corrected chi connectivity index (χ1v) is 8.03. The number of benzene rings is 1. The molecule has 6 nitrogen and oxygen atoms in total. The summed E-state index contributed by atoms with van der Waals surface area (Å²) in [6.45, 7) is 3.29. The molecule has 0 unspecified atom stereocenters. The normalized spacial score (nSPS) is 10.7. The summed E-state index contributed by atoms with van der Waals surface area (Å²) in [6, 6.07) is 5.30. The number of aliphatic hydroxyl groups excluding tert-OH is 1. The van der Waals surface area contributed by atoms with Gasteiger partial charge in [-0.25, -0.2) is 18.4 Å². The lowest BCUT2D eigenvalue weighted by atomic mass is 10.2. The second-order valence-electron chi connectivity index (χ2n) is 5.33. The van der Waals surface area contributed by atoms with E-state index in [4.69, 9.17) is 4.42 Å². The highest BCUT2D eigenvalue weighted by Crippen LogP contribution is 2.32. The van der Waals surface area contributed by atoms with Gasteiger partial charge in [-0.05, 0) is 18.2 Å². The molecule has 0 radical (unpaired) electrons. The Hall–Kier alpha value is -3.20. The van der Waals surface area contributed by atoms with Crippen molar-refractivity contribution in [2.24, 2.45) is 0 Å². The number of amides is 2. The summed E-state index contributed by atoms with van der Waals surface area (Å²) >= 11 is 1.14. The average Bonchev–Trinajstić information content (AvgIpc) is 2.99. The summed E-state index contributed by atoms with van der Waals surface area (Å²) in [6.07, 6.45) is 0. The molecule has 2 heterocycles. The lowest BCUT2D eigenvalue weighted by Crippen LogP contribution is -2.30. The molecule has 0 atom stereocenters. The zero-order valence-corrected chi connectivity index (χ0v) is 14.2. The van der Waals surface area contributed by atoms with Crippen molar-refractivity contribution in [2.45, 2.75) is 0 Å². The van der Waals surface area contributed by atoms with Crippen LogP contribution in [0.4, 0.5) is 24.3 Å². The average molecular weight is 378 g/mol. The zero-order valence-electron chi connectivity index (χ0n) is 13.4. The third-order valence-electron chi connectivity index (χ3n) is 3.53. The first-order valence-electron chi connectivity index (χ1n) is 7.22. The number of fused-ring (bicyclic) bond motifs is 1. The van der Waals surface area contributed by atoms with Crippen LogP contribution in [0.2, 0.25) is 0 Å². The van der Waals surface area contributed by atoms with Crippen molar-refractivity contribution in [1.29, 1.82) is 0 Å². The molecule has 134 valence electrons. The largest absolute Gasteiger partial charge is 0.508 e. The van der Waals surface area contributed by atoms with E-state index in [1.165, 1.54) is 30.1 Å². The Bertz CT molecular complexity index is 1090. The summed E-state index contributed by atoms with van der Waals surface area (Å²) < 4.78 is 31.8. The predicted molar refractivity (Wildman–Crippen MR) is 95.8 cm³/mol. The van der Waals surface area contributed by atoms with E-state index in [1.807, 2.05) is 0 Å². The lowest BCUT2D eigenvalue weighted by molar-refractivity contribution is 0.258. The second kappa shape index (κ2) is 6.60. The number of rotatable bonds is 3. The van der Waals surface area contributed by atoms with Crippen molar-refractivity contribution in [3.05, 3.63) is 64.5 Å². The molecule has 1 aromatic carbocycles. The van der Waals surface area contributed by atoms with Crippen LogP contribution in [-0.2, 0) is 0 Å². The number of thiophene rings is 1. The van der Waals surface area contributed by atoms with Gasteiger partial charge in [-0.15, -0.1) is 11.3 Å². The number of nitrogens with zero attached hydrogens (tertiary/aromatic N) is 1. The van der Waals surface area contributed by atoms with Crippen LogP contribution in [0.25, 0.3) is 16.0 Å². The highest BCUT2D eigenvalue weighted by atomic mass is 32.1. The SMILES string of the molecule is C=C(O)c1cc2sc(N(C)C(=O)Nc3ccc(F)c(F)c3)cc2oc1=O. The number of carbonyl (C=O) groups is 1.